The van der Waals surface area contributed by atoms with Crippen molar-refractivity contribution in [2.45, 2.75) is 25.8 Å². The molecule has 4 amide bonds. The van der Waals surface area contributed by atoms with E-state index in [-0.39, 0.29) is 12.5 Å². The van der Waals surface area contributed by atoms with Gasteiger partial charge in [0, 0.05) is 0 Å². The third kappa shape index (κ3) is 2.07. The van der Waals surface area contributed by atoms with Gasteiger partial charge < -0.3 is 15.7 Å². The number of rotatable bonds is 4. The van der Waals surface area contributed by atoms with Gasteiger partial charge in [-0.2, -0.15) is 0 Å². The second-order valence-electron chi connectivity index (χ2n) is 3.85. The highest BCUT2D eigenvalue weighted by molar-refractivity contribution is 6.07. The maximum Gasteiger partial charge on any atom is 0.404 e. The number of carboxylic acid groups (broad SMARTS) is 1. The standard InChI is InChI=1S/C9H15N3O4/c1-3-5(2)9(4-10-8(15)16)6(13)11-7(14)12-9/h5,10H,3-4H2,1-2H3,(H,15,16)(H2,11,12,13,14). The number of imide groups is 1. The van der Waals surface area contributed by atoms with E-state index in [0.29, 0.717) is 6.42 Å². The molecule has 16 heavy (non-hydrogen) atoms. The second kappa shape index (κ2) is 4.38. The molecule has 0 aliphatic carbocycles. The van der Waals surface area contributed by atoms with E-state index in [9.17, 15) is 14.4 Å². The fraction of sp³-hybridized carbons (Fsp3) is 0.667. The molecule has 7 heteroatoms. The fourth-order valence-corrected chi connectivity index (χ4v) is 1.71. The molecule has 0 aromatic carbocycles. The highest BCUT2D eigenvalue weighted by atomic mass is 16.4. The Morgan fingerprint density at radius 3 is 2.56 bits per heavy atom. The molecule has 1 aliphatic heterocycles. The van der Waals surface area contributed by atoms with Gasteiger partial charge in [-0.3, -0.25) is 10.1 Å². The van der Waals surface area contributed by atoms with E-state index in [0.717, 1.165) is 0 Å². The van der Waals surface area contributed by atoms with Crippen LogP contribution in [-0.2, 0) is 4.79 Å². The first-order chi connectivity index (χ1) is 7.42. The fourth-order valence-electron chi connectivity index (χ4n) is 1.71. The maximum absolute atomic E-state index is 11.7. The van der Waals surface area contributed by atoms with Gasteiger partial charge in [0.15, 0.2) is 0 Å². The third-order valence-corrected chi connectivity index (χ3v) is 2.94. The Labute approximate surface area is 92.6 Å². The number of carbonyl (C=O) groups is 3. The van der Waals surface area contributed by atoms with Gasteiger partial charge >= 0.3 is 12.1 Å². The summed E-state index contributed by atoms with van der Waals surface area (Å²) in [6, 6.07) is -0.586. The SMILES string of the molecule is CCC(C)C1(CNC(=O)O)NC(=O)NC1=O. The Balaban J connectivity index is 2.89. The summed E-state index contributed by atoms with van der Waals surface area (Å²) in [5.41, 5.74) is -1.18. The van der Waals surface area contributed by atoms with Crippen molar-refractivity contribution in [3.05, 3.63) is 0 Å². The number of hydrogen-bond acceptors (Lipinski definition) is 3. The molecule has 1 fully saturated rings. The summed E-state index contributed by atoms with van der Waals surface area (Å²) in [5.74, 6) is -0.647. The van der Waals surface area contributed by atoms with E-state index in [1.165, 1.54) is 0 Å². The van der Waals surface area contributed by atoms with Crippen LogP contribution in [-0.4, -0.2) is 35.2 Å². The summed E-state index contributed by atoms with van der Waals surface area (Å²) in [7, 11) is 0. The molecule has 90 valence electrons. The Kier molecular flexibility index (Phi) is 3.36. The van der Waals surface area contributed by atoms with Crippen LogP contribution in [0.4, 0.5) is 9.59 Å². The van der Waals surface area contributed by atoms with Crippen molar-refractivity contribution < 1.29 is 19.5 Å². The van der Waals surface area contributed by atoms with Crippen molar-refractivity contribution >= 4 is 18.0 Å². The normalized spacial score (nSPS) is 25.9. The van der Waals surface area contributed by atoms with Crippen molar-refractivity contribution in [2.24, 2.45) is 5.92 Å². The van der Waals surface area contributed by atoms with E-state index >= 15 is 0 Å². The van der Waals surface area contributed by atoms with Gasteiger partial charge in [0.05, 0.1) is 6.54 Å². The zero-order valence-electron chi connectivity index (χ0n) is 9.16. The van der Waals surface area contributed by atoms with Crippen LogP contribution >= 0.6 is 0 Å². The molecule has 0 spiro atoms. The number of carbonyl (C=O) groups excluding carboxylic acids is 2. The summed E-state index contributed by atoms with van der Waals surface area (Å²) in [6.07, 6.45) is -0.578. The number of hydrogen-bond donors (Lipinski definition) is 4. The van der Waals surface area contributed by atoms with E-state index in [1.54, 1.807) is 6.92 Å². The van der Waals surface area contributed by atoms with Gasteiger partial charge in [0.2, 0.25) is 0 Å². The molecule has 1 rings (SSSR count). The molecule has 0 bridgehead atoms. The Bertz CT molecular complexity index is 331. The Hall–Kier alpha value is -1.79. The molecule has 0 aromatic heterocycles. The summed E-state index contributed by atoms with van der Waals surface area (Å²) in [6.45, 7) is 3.52. The highest BCUT2D eigenvalue weighted by Gasteiger charge is 2.49. The topological polar surface area (TPSA) is 108 Å². The lowest BCUT2D eigenvalue weighted by atomic mass is 9.83. The van der Waals surface area contributed by atoms with E-state index in [2.05, 4.69) is 16.0 Å². The van der Waals surface area contributed by atoms with E-state index < -0.39 is 23.6 Å². The minimum atomic E-state index is -1.23. The van der Waals surface area contributed by atoms with Crippen LogP contribution in [0.25, 0.3) is 0 Å². The second-order valence-corrected chi connectivity index (χ2v) is 3.85. The van der Waals surface area contributed by atoms with Crippen molar-refractivity contribution in [3.63, 3.8) is 0 Å². The monoisotopic (exact) mass is 229 g/mol. The van der Waals surface area contributed by atoms with Crippen LogP contribution in [0.5, 0.6) is 0 Å². The first-order valence-corrected chi connectivity index (χ1v) is 5.02. The van der Waals surface area contributed by atoms with Crippen molar-refractivity contribution in [1.29, 1.82) is 0 Å². The van der Waals surface area contributed by atoms with Crippen LogP contribution in [0.3, 0.4) is 0 Å². The van der Waals surface area contributed by atoms with Gasteiger partial charge in [0.25, 0.3) is 5.91 Å². The van der Waals surface area contributed by atoms with Gasteiger partial charge in [-0.15, -0.1) is 0 Å². The van der Waals surface area contributed by atoms with E-state index in [1.807, 2.05) is 6.92 Å². The van der Waals surface area contributed by atoms with Crippen LogP contribution in [0.2, 0.25) is 0 Å². The lowest BCUT2D eigenvalue weighted by Gasteiger charge is -2.31. The Morgan fingerprint density at radius 1 is 1.56 bits per heavy atom. The molecule has 7 nitrogen and oxygen atoms in total. The quantitative estimate of drug-likeness (QED) is 0.504. The molecule has 2 unspecified atom stereocenters. The molecule has 1 aliphatic rings. The molecular formula is C9H15N3O4. The average Bonchev–Trinajstić information content (AvgIpc) is 2.50. The third-order valence-electron chi connectivity index (χ3n) is 2.94. The van der Waals surface area contributed by atoms with Gasteiger partial charge in [-0.1, -0.05) is 20.3 Å². The van der Waals surface area contributed by atoms with Crippen molar-refractivity contribution in [3.8, 4) is 0 Å². The number of amides is 4. The lowest BCUT2D eigenvalue weighted by Crippen LogP contribution is -2.59. The molecule has 0 radical (unpaired) electrons. The van der Waals surface area contributed by atoms with Crippen molar-refractivity contribution in [2.75, 3.05) is 6.54 Å². The van der Waals surface area contributed by atoms with Crippen LogP contribution in [0, 0.1) is 5.92 Å². The van der Waals surface area contributed by atoms with Crippen LogP contribution in [0.15, 0.2) is 0 Å². The summed E-state index contributed by atoms with van der Waals surface area (Å²) >= 11 is 0. The predicted octanol–water partition coefficient (Wildman–Crippen LogP) is -0.122. The highest BCUT2D eigenvalue weighted by Crippen LogP contribution is 2.23. The minimum Gasteiger partial charge on any atom is -0.465 e. The Morgan fingerprint density at radius 2 is 2.19 bits per heavy atom. The molecule has 0 saturated carbocycles. The first kappa shape index (κ1) is 12.3. The molecule has 1 saturated heterocycles. The zero-order valence-corrected chi connectivity index (χ0v) is 9.16. The van der Waals surface area contributed by atoms with Crippen LogP contribution < -0.4 is 16.0 Å². The summed E-state index contributed by atoms with van der Waals surface area (Å²) in [4.78, 5) is 33.2. The minimum absolute atomic E-state index is 0.130. The first-order valence-electron chi connectivity index (χ1n) is 5.02. The van der Waals surface area contributed by atoms with Gasteiger partial charge in [0.1, 0.15) is 5.54 Å². The van der Waals surface area contributed by atoms with Crippen LogP contribution in [0.1, 0.15) is 20.3 Å². The molecular weight excluding hydrogens is 214 g/mol. The number of urea groups is 1. The maximum atomic E-state index is 11.7. The largest absolute Gasteiger partial charge is 0.465 e. The van der Waals surface area contributed by atoms with E-state index in [4.69, 9.17) is 5.11 Å². The van der Waals surface area contributed by atoms with Gasteiger partial charge in [-0.05, 0) is 5.92 Å². The van der Waals surface area contributed by atoms with Gasteiger partial charge in [-0.25, -0.2) is 9.59 Å². The number of nitrogens with one attached hydrogen (secondary N) is 3. The lowest BCUT2D eigenvalue weighted by molar-refractivity contribution is -0.125. The van der Waals surface area contributed by atoms with Crippen molar-refractivity contribution in [1.82, 2.24) is 16.0 Å². The molecule has 4 N–H and O–H groups in total. The molecule has 2 atom stereocenters. The average molecular weight is 229 g/mol. The zero-order chi connectivity index (χ0) is 12.3. The smallest absolute Gasteiger partial charge is 0.404 e. The molecule has 1 heterocycles. The molecule has 0 aromatic rings. The summed E-state index contributed by atoms with van der Waals surface area (Å²) < 4.78 is 0. The summed E-state index contributed by atoms with van der Waals surface area (Å²) in [5, 5.41) is 15.3. The predicted molar refractivity (Wildman–Crippen MR) is 54.9 cm³/mol.